The number of hydrogen-bond acceptors (Lipinski definition) is 4. The van der Waals surface area contributed by atoms with Crippen LogP contribution in [0.15, 0.2) is 0 Å². The summed E-state index contributed by atoms with van der Waals surface area (Å²) in [5, 5.41) is 0. The Kier molecular flexibility index (Phi) is 6.59. The molecule has 0 aliphatic rings. The average molecular weight is 282 g/mol. The van der Waals surface area contributed by atoms with Crippen molar-refractivity contribution in [3.63, 3.8) is 0 Å². The summed E-state index contributed by atoms with van der Waals surface area (Å²) in [7, 11) is -7.77. The summed E-state index contributed by atoms with van der Waals surface area (Å²) < 4.78 is 45.5. The van der Waals surface area contributed by atoms with E-state index in [1.165, 1.54) is 0 Å². The van der Waals surface area contributed by atoms with Crippen LogP contribution in [0.3, 0.4) is 0 Å². The van der Waals surface area contributed by atoms with Gasteiger partial charge < -0.3 is 5.53 Å². The van der Waals surface area contributed by atoms with Crippen molar-refractivity contribution in [2.45, 2.75) is 44.1 Å². The van der Waals surface area contributed by atoms with Crippen molar-refractivity contribution in [1.29, 1.82) is 0 Å². The Morgan fingerprint density at radius 2 is 1.76 bits per heavy atom. The number of sulfone groups is 2. The first-order valence-corrected chi connectivity index (χ1v) is 8.77. The molecule has 0 radical (unpaired) electrons. The lowest BCUT2D eigenvalue weighted by Crippen LogP contribution is -2.33. The van der Waals surface area contributed by atoms with Crippen LogP contribution in [-0.4, -0.2) is 37.5 Å². The predicted molar refractivity (Wildman–Crippen MR) is 66.0 cm³/mol. The first kappa shape index (κ1) is 16.3. The van der Waals surface area contributed by atoms with E-state index in [-0.39, 0.29) is 12.2 Å². The maximum Gasteiger partial charge on any atom is 0.371 e. The van der Waals surface area contributed by atoms with Gasteiger partial charge in [-0.05, 0) is 12.8 Å². The van der Waals surface area contributed by atoms with Crippen LogP contribution < -0.4 is 0 Å². The van der Waals surface area contributed by atoms with Gasteiger partial charge in [0.05, 0.1) is 5.75 Å². The number of rotatable bonds is 8. The van der Waals surface area contributed by atoms with Crippen LogP contribution in [0.5, 0.6) is 0 Å². The maximum absolute atomic E-state index is 11.9. The minimum atomic E-state index is -4.05. The third kappa shape index (κ3) is 4.97. The zero-order valence-corrected chi connectivity index (χ0v) is 11.7. The zero-order chi connectivity index (χ0) is 13.5. The van der Waals surface area contributed by atoms with Crippen molar-refractivity contribution < 1.29 is 21.6 Å². The molecule has 1 atom stereocenters. The monoisotopic (exact) mass is 282 g/mol. The van der Waals surface area contributed by atoms with Gasteiger partial charge in [-0.2, -0.15) is 4.79 Å². The molecule has 0 saturated carbocycles. The van der Waals surface area contributed by atoms with Crippen molar-refractivity contribution in [3.8, 4) is 0 Å². The molecule has 0 spiro atoms. The minimum absolute atomic E-state index is 0.0143. The number of hydrogen-bond donors (Lipinski definition) is 0. The molecule has 0 heterocycles. The average Bonchev–Trinajstić information content (AvgIpc) is 2.22. The fraction of sp³-hybridized carbons (Fsp3) is 0.889. The van der Waals surface area contributed by atoms with Gasteiger partial charge in [0.1, 0.15) is 0 Å². The van der Waals surface area contributed by atoms with Gasteiger partial charge in [-0.15, -0.1) is 0 Å². The molecule has 1 unspecified atom stereocenters. The predicted octanol–water partition coefficient (Wildman–Crippen LogP) is 1.00. The van der Waals surface area contributed by atoms with Crippen molar-refractivity contribution in [3.05, 3.63) is 5.53 Å². The van der Waals surface area contributed by atoms with Gasteiger partial charge >= 0.3 is 5.55 Å². The molecule has 0 saturated heterocycles. The highest BCUT2D eigenvalue weighted by molar-refractivity contribution is 8.15. The van der Waals surface area contributed by atoms with Gasteiger partial charge in [0.2, 0.25) is 0 Å². The Morgan fingerprint density at radius 1 is 1.18 bits per heavy atom. The second kappa shape index (κ2) is 6.88. The summed E-state index contributed by atoms with van der Waals surface area (Å²) in [4.78, 5) is 2.43. The SMILES string of the molecule is CCCCS(=O)(=O)C(CCC)S(=O)(=O)C=[N+]=[N-]. The number of nitrogens with zero attached hydrogens (tertiary/aromatic N) is 2. The maximum atomic E-state index is 11.9. The minimum Gasteiger partial charge on any atom is -0.361 e. The molecule has 0 amide bonds. The van der Waals surface area contributed by atoms with Gasteiger partial charge in [-0.25, -0.2) is 16.8 Å². The van der Waals surface area contributed by atoms with Crippen molar-refractivity contribution in [2.24, 2.45) is 0 Å². The summed E-state index contributed by atoms with van der Waals surface area (Å²) in [6.07, 6.45) is 1.54. The summed E-state index contributed by atoms with van der Waals surface area (Å²) >= 11 is 0. The van der Waals surface area contributed by atoms with Gasteiger partial charge in [-0.3, -0.25) is 0 Å². The highest BCUT2D eigenvalue weighted by atomic mass is 32.3. The van der Waals surface area contributed by atoms with E-state index in [1.54, 1.807) is 6.92 Å². The van der Waals surface area contributed by atoms with Crippen LogP contribution >= 0.6 is 0 Å². The fourth-order valence-corrected chi connectivity index (χ4v) is 5.85. The standard InChI is InChI=1S/C9H18N2O4S2/c1-3-5-7-16(12,13)9(6-4-2)17(14,15)8-11-10/h8-9H,3-7H2,1-2H3. The smallest absolute Gasteiger partial charge is 0.361 e. The lowest BCUT2D eigenvalue weighted by molar-refractivity contribution is 0.00751. The van der Waals surface area contributed by atoms with Gasteiger partial charge in [0.25, 0.3) is 9.84 Å². The Balaban J connectivity index is 5.31. The topological polar surface area (TPSA) is 105 Å². The number of unbranched alkanes of at least 4 members (excludes halogenated alkanes) is 1. The second-order valence-corrected chi connectivity index (χ2v) is 8.31. The first-order chi connectivity index (χ1) is 7.81. The van der Waals surface area contributed by atoms with Gasteiger partial charge in [0.15, 0.2) is 14.4 Å². The quantitative estimate of drug-likeness (QED) is 0.286. The largest absolute Gasteiger partial charge is 0.371 e. The van der Waals surface area contributed by atoms with E-state index in [0.29, 0.717) is 24.8 Å². The van der Waals surface area contributed by atoms with Crippen LogP contribution in [0.2, 0.25) is 0 Å². The lowest BCUT2D eigenvalue weighted by atomic mass is 10.4. The van der Waals surface area contributed by atoms with E-state index >= 15 is 0 Å². The summed E-state index contributed by atoms with van der Waals surface area (Å²) in [6.45, 7) is 3.53. The van der Waals surface area contributed by atoms with E-state index in [4.69, 9.17) is 5.53 Å². The summed E-state index contributed by atoms with van der Waals surface area (Å²) in [5.74, 6) is -0.160. The normalized spacial score (nSPS) is 14.0. The first-order valence-electron chi connectivity index (χ1n) is 5.44. The van der Waals surface area contributed by atoms with Crippen molar-refractivity contribution >= 4 is 25.2 Å². The third-order valence-corrected chi connectivity index (χ3v) is 7.20. The Hall–Kier alpha value is -0.720. The van der Waals surface area contributed by atoms with Gasteiger partial charge in [0, 0.05) is 0 Å². The zero-order valence-electron chi connectivity index (χ0n) is 10.0. The molecule has 0 N–H and O–H groups in total. The van der Waals surface area contributed by atoms with Crippen LogP contribution in [0.4, 0.5) is 0 Å². The highest BCUT2D eigenvalue weighted by Gasteiger charge is 2.37. The van der Waals surface area contributed by atoms with Crippen LogP contribution in [0.1, 0.15) is 39.5 Å². The summed E-state index contributed by atoms with van der Waals surface area (Å²) in [5.41, 5.74) is 8.56. The van der Waals surface area contributed by atoms with Crippen LogP contribution in [-0.2, 0) is 19.7 Å². The van der Waals surface area contributed by atoms with E-state index < -0.39 is 24.3 Å². The molecular formula is C9H18N2O4S2. The lowest BCUT2D eigenvalue weighted by Gasteiger charge is -2.12. The molecule has 0 aliphatic heterocycles. The van der Waals surface area contributed by atoms with E-state index in [9.17, 15) is 16.8 Å². The molecule has 0 fully saturated rings. The molecule has 0 aromatic heterocycles. The highest BCUT2D eigenvalue weighted by Crippen LogP contribution is 2.17. The van der Waals surface area contributed by atoms with E-state index in [2.05, 4.69) is 4.79 Å². The molecule has 8 heteroatoms. The second-order valence-electron chi connectivity index (χ2n) is 3.75. The molecule has 17 heavy (non-hydrogen) atoms. The molecule has 0 aromatic rings. The molecule has 100 valence electrons. The Morgan fingerprint density at radius 3 is 2.18 bits per heavy atom. The Labute approximate surface area is 102 Å². The molecule has 6 nitrogen and oxygen atoms in total. The molecule has 0 bridgehead atoms. The molecular weight excluding hydrogens is 264 g/mol. The van der Waals surface area contributed by atoms with Crippen molar-refractivity contribution in [2.75, 3.05) is 5.75 Å². The summed E-state index contributed by atoms with van der Waals surface area (Å²) in [6, 6.07) is 0. The van der Waals surface area contributed by atoms with Crippen LogP contribution in [0, 0.1) is 0 Å². The Bertz CT molecular complexity index is 475. The van der Waals surface area contributed by atoms with Crippen LogP contribution in [0.25, 0.3) is 5.53 Å². The van der Waals surface area contributed by atoms with E-state index in [1.807, 2.05) is 6.92 Å². The van der Waals surface area contributed by atoms with Gasteiger partial charge in [-0.1, -0.05) is 26.7 Å². The fourth-order valence-electron chi connectivity index (χ4n) is 1.39. The van der Waals surface area contributed by atoms with Crippen molar-refractivity contribution in [1.82, 2.24) is 0 Å². The molecule has 0 rings (SSSR count). The van der Waals surface area contributed by atoms with E-state index in [0.717, 1.165) is 0 Å². The third-order valence-electron chi connectivity index (χ3n) is 2.27. The molecule has 0 aliphatic carbocycles. The molecule has 0 aromatic carbocycles.